The van der Waals surface area contributed by atoms with E-state index >= 15 is 0 Å². The van der Waals surface area contributed by atoms with E-state index in [1.807, 2.05) is 27.7 Å². The summed E-state index contributed by atoms with van der Waals surface area (Å²) in [5.41, 5.74) is -0.0171. The molecule has 4 radical (unpaired) electrons. The van der Waals surface area contributed by atoms with Crippen LogP contribution in [-0.4, -0.2) is 97.2 Å². The Morgan fingerprint density at radius 2 is 1.27 bits per heavy atom. The molecule has 0 amide bonds. The molecule has 0 fully saturated rings. The van der Waals surface area contributed by atoms with E-state index in [0.29, 0.717) is 13.0 Å². The summed E-state index contributed by atoms with van der Waals surface area (Å²) in [5, 5.41) is 7.14. The number of benzene rings is 1. The van der Waals surface area contributed by atoms with Crippen molar-refractivity contribution in [3.8, 4) is 0 Å². The van der Waals surface area contributed by atoms with E-state index in [-0.39, 0.29) is 91.1 Å². The first kappa shape index (κ1) is 54.1. The summed E-state index contributed by atoms with van der Waals surface area (Å²) in [4.78, 5) is 47.4. The summed E-state index contributed by atoms with van der Waals surface area (Å²) in [6.45, 7) is 12.9. The Balaban J connectivity index is -0.000000433. The minimum atomic E-state index is -4.76. The van der Waals surface area contributed by atoms with Crippen LogP contribution >= 0.6 is 0 Å². The molecule has 0 aliphatic rings. The van der Waals surface area contributed by atoms with Crippen LogP contribution in [0.2, 0.25) is 0 Å². The van der Waals surface area contributed by atoms with Gasteiger partial charge in [0, 0.05) is 30.3 Å². The number of unbranched alkanes of at least 4 members (excludes halogenated alkanes) is 3. The molecule has 15 heteroatoms. The van der Waals surface area contributed by atoms with Crippen molar-refractivity contribution in [2.45, 2.75) is 137 Å². The molecule has 4 atom stereocenters. The number of ether oxygens (including phenoxy) is 4. The predicted octanol–water partition coefficient (Wildman–Crippen LogP) is 4.37. The fraction of sp³-hybridized carbons (Fsp3) is 0.722. The fourth-order valence-electron chi connectivity index (χ4n) is 4.62. The van der Waals surface area contributed by atoms with Gasteiger partial charge in [0.05, 0.1) is 37.4 Å². The predicted molar refractivity (Wildman–Crippen MR) is 194 cm³/mol. The Morgan fingerprint density at radius 1 is 0.765 bits per heavy atom. The first-order chi connectivity index (χ1) is 23.3. The molecule has 0 saturated carbocycles. The van der Waals surface area contributed by atoms with Crippen molar-refractivity contribution in [2.24, 2.45) is 11.8 Å². The molecule has 0 aliphatic carbocycles. The second-order valence-corrected chi connectivity index (χ2v) is 13.7. The van der Waals surface area contributed by atoms with E-state index in [1.54, 1.807) is 12.1 Å². The summed E-state index contributed by atoms with van der Waals surface area (Å²) in [5.74, 6) is -3.42. The molecule has 51 heavy (non-hydrogen) atoms. The van der Waals surface area contributed by atoms with Crippen molar-refractivity contribution in [3.63, 3.8) is 0 Å². The molecule has 0 spiro atoms. The van der Waals surface area contributed by atoms with E-state index in [2.05, 4.69) is 13.8 Å². The molecule has 12 nitrogen and oxygen atoms in total. The third-order valence-corrected chi connectivity index (χ3v) is 9.02. The molecule has 2 N–H and O–H groups in total. The van der Waals surface area contributed by atoms with Crippen molar-refractivity contribution in [3.05, 3.63) is 35.4 Å². The first-order valence-corrected chi connectivity index (χ1v) is 19.2. The average molecular weight is 860 g/mol. The number of aromatic carboxylic acids is 1. The van der Waals surface area contributed by atoms with E-state index in [0.717, 1.165) is 70.6 Å². The molecule has 0 bridgehead atoms. The van der Waals surface area contributed by atoms with Gasteiger partial charge in [-0.15, -0.1) is 0 Å². The van der Waals surface area contributed by atoms with Crippen LogP contribution in [0.3, 0.4) is 0 Å². The Labute approximate surface area is 346 Å². The van der Waals surface area contributed by atoms with Gasteiger partial charge < -0.3 is 25.5 Å². The number of carboxylic acids is 1. The van der Waals surface area contributed by atoms with Crippen LogP contribution < -0.4 is 29.6 Å². The maximum absolute atomic E-state index is 12.2. The number of carboxylic acid groups (broad SMARTS) is 1. The van der Waals surface area contributed by atoms with Crippen molar-refractivity contribution in [1.82, 2.24) is 0 Å². The molecule has 0 saturated heterocycles. The second-order valence-electron chi connectivity index (χ2n) is 12.1. The SMILES string of the molecule is CCCCC(CC)COC(=O)CC(C(=O)OCC(CC)CCCC)S(=O)(=O)O.CCCCOC(CCC)OC(=O)c1ccccc1C(=O)O.[H-].[Na+].[Sn]. The molecule has 1 rings (SSSR count). The third kappa shape index (κ3) is 24.7. The summed E-state index contributed by atoms with van der Waals surface area (Å²) in [6.07, 6.45) is 9.40. The molecule has 1 aromatic rings. The summed E-state index contributed by atoms with van der Waals surface area (Å²) >= 11 is 0. The molecular weight excluding hydrogens is 798 g/mol. The van der Waals surface area contributed by atoms with Gasteiger partial charge in [0.1, 0.15) is 0 Å². The Hall–Kier alpha value is -1.23. The van der Waals surface area contributed by atoms with Crippen molar-refractivity contribution in [2.75, 3.05) is 19.8 Å². The van der Waals surface area contributed by atoms with E-state index in [1.165, 1.54) is 12.1 Å². The third-order valence-electron chi connectivity index (χ3n) is 7.94. The fourth-order valence-corrected chi connectivity index (χ4v) is 5.28. The Bertz CT molecular complexity index is 1220. The zero-order valence-corrected chi connectivity index (χ0v) is 37.5. The molecule has 4 unspecified atom stereocenters. The smallest absolute Gasteiger partial charge is 1.00 e. The second kappa shape index (κ2) is 32.2. The van der Waals surface area contributed by atoms with E-state index < -0.39 is 52.0 Å². The van der Waals surface area contributed by atoms with Gasteiger partial charge in [-0.05, 0) is 43.2 Å². The summed E-state index contributed by atoms with van der Waals surface area (Å²) in [7, 11) is -4.76. The standard InChI is InChI=1S/C20H38O7S.C16H22O5.Na.Sn.H/c1-5-9-11-16(7-3)14-26-19(21)13-18(28(23,24)25)20(22)27-15-17(8-4)12-10-6-2;1-3-5-11-20-14(8-4-2)21-16(19)13-10-7-6-9-12(13)15(17)18;;;/h16-18H,5-15H2,1-4H3,(H,23,24,25);6-7,9-10,14H,3-5,8,11H2,1-2H3,(H,17,18);;;/q;;+1;;-1. The van der Waals surface area contributed by atoms with E-state index in [9.17, 15) is 32.1 Å². The maximum Gasteiger partial charge on any atom is 1.00 e. The largest absolute Gasteiger partial charge is 1.00 e. The molecule has 0 heterocycles. The molecule has 0 aliphatic heterocycles. The number of esters is 3. The van der Waals surface area contributed by atoms with Crippen LogP contribution in [0.15, 0.2) is 24.3 Å². The number of carbonyl (C=O) groups excluding carboxylic acids is 3. The van der Waals surface area contributed by atoms with Crippen molar-refractivity contribution < 1.29 is 87.2 Å². The molecule has 0 aromatic heterocycles. The Kier molecular flexibility index (Phi) is 34.2. The van der Waals surface area contributed by atoms with Crippen LogP contribution in [0.4, 0.5) is 0 Å². The molecule has 288 valence electrons. The van der Waals surface area contributed by atoms with Crippen LogP contribution in [0, 0.1) is 11.8 Å². The molecule has 1 aromatic carbocycles. The maximum atomic E-state index is 12.2. The van der Waals surface area contributed by atoms with Gasteiger partial charge in [0.2, 0.25) is 6.29 Å². The van der Waals surface area contributed by atoms with Gasteiger partial charge in [-0.3, -0.25) is 14.1 Å². The van der Waals surface area contributed by atoms with Crippen LogP contribution in [0.25, 0.3) is 0 Å². The zero-order valence-electron chi connectivity index (χ0n) is 32.8. The van der Waals surface area contributed by atoms with Gasteiger partial charge in [-0.2, -0.15) is 8.42 Å². The van der Waals surface area contributed by atoms with Gasteiger partial charge in [-0.25, -0.2) is 9.59 Å². The Morgan fingerprint density at radius 3 is 1.73 bits per heavy atom. The van der Waals surface area contributed by atoms with Crippen LogP contribution in [-0.2, 0) is 38.7 Å². The van der Waals surface area contributed by atoms with Crippen molar-refractivity contribution >= 4 is 57.9 Å². The minimum absolute atomic E-state index is 0. The van der Waals surface area contributed by atoms with Gasteiger partial charge in [0.15, 0.2) is 5.25 Å². The normalized spacial score (nSPS) is 13.1. The zero-order chi connectivity index (χ0) is 37.2. The van der Waals surface area contributed by atoms with Crippen LogP contribution in [0.1, 0.15) is 147 Å². The number of hydrogen-bond donors (Lipinski definition) is 2. The topological polar surface area (TPSA) is 180 Å². The van der Waals surface area contributed by atoms with Crippen LogP contribution in [0.5, 0.6) is 0 Å². The van der Waals surface area contributed by atoms with E-state index in [4.69, 9.17) is 24.1 Å². The number of carbonyl (C=O) groups is 4. The van der Waals surface area contributed by atoms with Gasteiger partial charge >= 0.3 is 53.4 Å². The number of rotatable bonds is 25. The summed E-state index contributed by atoms with van der Waals surface area (Å²) in [6, 6.07) is 6.00. The monoisotopic (exact) mass is 860 g/mol. The summed E-state index contributed by atoms with van der Waals surface area (Å²) < 4.78 is 53.6. The minimum Gasteiger partial charge on any atom is -1.00 e. The average Bonchev–Trinajstić information content (AvgIpc) is 3.07. The van der Waals surface area contributed by atoms with Gasteiger partial charge in [-0.1, -0.05) is 105 Å². The van der Waals surface area contributed by atoms with Gasteiger partial charge in [0.25, 0.3) is 10.1 Å². The number of hydrogen-bond acceptors (Lipinski definition) is 10. The quantitative estimate of drug-likeness (QED) is 0.0355. The van der Waals surface area contributed by atoms with Crippen molar-refractivity contribution in [1.29, 1.82) is 0 Å². The first-order valence-electron chi connectivity index (χ1n) is 17.7. The molecular formula is C36H61NaO12SSn.